The van der Waals surface area contributed by atoms with E-state index in [0.29, 0.717) is 11.3 Å². The number of fused-ring (bicyclic) bond motifs is 1. The number of methoxy groups -OCH3 is 2. The molecule has 0 fully saturated rings. The molecule has 1 aliphatic rings. The Bertz CT molecular complexity index is 497. The Kier molecular flexibility index (Phi) is 2.61. The Morgan fingerprint density at radius 1 is 1.41 bits per heavy atom. The normalized spacial score (nSPS) is 22.2. The molecule has 0 heterocycles. The topological polar surface area (TPSA) is 52.6 Å². The van der Waals surface area contributed by atoms with Gasteiger partial charge in [-0.25, -0.2) is 9.18 Å². The molecular formula is C12H11FO4. The lowest BCUT2D eigenvalue weighted by Gasteiger charge is -2.13. The van der Waals surface area contributed by atoms with Crippen molar-refractivity contribution in [2.24, 2.45) is 0 Å². The van der Waals surface area contributed by atoms with Gasteiger partial charge in [-0.15, -0.1) is 0 Å². The maximum absolute atomic E-state index is 14.3. The van der Waals surface area contributed by atoms with Gasteiger partial charge in [-0.3, -0.25) is 4.79 Å². The van der Waals surface area contributed by atoms with Gasteiger partial charge in [0, 0.05) is 12.0 Å². The van der Waals surface area contributed by atoms with Crippen LogP contribution in [0.25, 0.3) is 0 Å². The molecule has 0 bridgehead atoms. The highest BCUT2D eigenvalue weighted by molar-refractivity contribution is 6.19. The fraction of sp³-hybridized carbons (Fsp3) is 0.333. The Balaban J connectivity index is 2.45. The molecular weight excluding hydrogens is 227 g/mol. The van der Waals surface area contributed by atoms with Gasteiger partial charge in [0.05, 0.1) is 14.2 Å². The minimum absolute atomic E-state index is 0.178. The van der Waals surface area contributed by atoms with Gasteiger partial charge in [-0.2, -0.15) is 0 Å². The second kappa shape index (κ2) is 3.84. The van der Waals surface area contributed by atoms with Gasteiger partial charge >= 0.3 is 5.97 Å². The van der Waals surface area contributed by atoms with Crippen LogP contribution in [-0.2, 0) is 16.0 Å². The van der Waals surface area contributed by atoms with E-state index in [4.69, 9.17) is 4.74 Å². The van der Waals surface area contributed by atoms with Crippen LogP contribution in [-0.4, -0.2) is 31.6 Å². The van der Waals surface area contributed by atoms with Crippen molar-refractivity contribution in [1.82, 2.24) is 0 Å². The molecule has 0 amide bonds. The average Bonchev–Trinajstić information content (AvgIpc) is 2.61. The van der Waals surface area contributed by atoms with E-state index in [2.05, 4.69) is 4.74 Å². The molecule has 2 rings (SSSR count). The van der Waals surface area contributed by atoms with Gasteiger partial charge in [0.25, 0.3) is 5.67 Å². The van der Waals surface area contributed by atoms with E-state index in [1.165, 1.54) is 13.2 Å². The maximum Gasteiger partial charge on any atom is 0.352 e. The first-order chi connectivity index (χ1) is 8.02. The molecule has 1 aromatic rings. The lowest BCUT2D eigenvalue weighted by Crippen LogP contribution is -2.40. The van der Waals surface area contributed by atoms with Gasteiger partial charge in [-0.05, 0) is 17.7 Å². The summed E-state index contributed by atoms with van der Waals surface area (Å²) in [5.74, 6) is -1.57. The summed E-state index contributed by atoms with van der Waals surface area (Å²) < 4.78 is 23.5. The monoisotopic (exact) mass is 238 g/mol. The molecule has 0 saturated heterocycles. The van der Waals surface area contributed by atoms with Crippen molar-refractivity contribution in [1.29, 1.82) is 0 Å². The van der Waals surface area contributed by atoms with Crippen LogP contribution in [0, 0.1) is 0 Å². The SMILES string of the molecule is COC(=O)C1(F)Cc2ccc(OC)cc2C1=O. The Morgan fingerprint density at radius 3 is 2.71 bits per heavy atom. The summed E-state index contributed by atoms with van der Waals surface area (Å²) in [6.45, 7) is 0. The van der Waals surface area contributed by atoms with Crippen molar-refractivity contribution in [2.45, 2.75) is 12.1 Å². The highest BCUT2D eigenvalue weighted by atomic mass is 19.1. The van der Waals surface area contributed by atoms with E-state index >= 15 is 0 Å². The zero-order chi connectivity index (χ0) is 12.6. The summed E-state index contributed by atoms with van der Waals surface area (Å²) in [6.07, 6.45) is -0.280. The van der Waals surface area contributed by atoms with E-state index in [9.17, 15) is 14.0 Å². The summed E-state index contributed by atoms with van der Waals surface area (Å²) in [5, 5.41) is 0. The molecule has 4 nitrogen and oxygen atoms in total. The number of carbonyl (C=O) groups excluding carboxylic acids is 2. The van der Waals surface area contributed by atoms with Crippen LogP contribution in [0.15, 0.2) is 18.2 Å². The fourth-order valence-electron chi connectivity index (χ4n) is 1.93. The van der Waals surface area contributed by atoms with Gasteiger partial charge in [0.1, 0.15) is 5.75 Å². The quantitative estimate of drug-likeness (QED) is 0.576. The van der Waals surface area contributed by atoms with Crippen LogP contribution in [0.3, 0.4) is 0 Å². The smallest absolute Gasteiger partial charge is 0.352 e. The highest BCUT2D eigenvalue weighted by Gasteiger charge is 2.53. The molecule has 0 radical (unpaired) electrons. The predicted octanol–water partition coefficient (Wildman–Crippen LogP) is 1.32. The van der Waals surface area contributed by atoms with Crippen molar-refractivity contribution < 1.29 is 23.5 Å². The van der Waals surface area contributed by atoms with Crippen LogP contribution in [0.5, 0.6) is 5.75 Å². The third-order valence-corrected chi connectivity index (χ3v) is 2.86. The molecule has 0 aliphatic heterocycles. The maximum atomic E-state index is 14.3. The first-order valence-electron chi connectivity index (χ1n) is 5.02. The largest absolute Gasteiger partial charge is 0.497 e. The molecule has 90 valence electrons. The molecule has 1 aliphatic carbocycles. The number of esters is 1. The number of ketones is 1. The Hall–Kier alpha value is -1.91. The van der Waals surface area contributed by atoms with Gasteiger partial charge in [0.2, 0.25) is 5.78 Å². The summed E-state index contributed by atoms with van der Waals surface area (Å²) in [4.78, 5) is 23.2. The van der Waals surface area contributed by atoms with E-state index in [1.54, 1.807) is 12.1 Å². The third kappa shape index (κ3) is 1.58. The van der Waals surface area contributed by atoms with Crippen molar-refractivity contribution in [2.75, 3.05) is 14.2 Å². The van der Waals surface area contributed by atoms with Crippen LogP contribution in [0.4, 0.5) is 4.39 Å². The van der Waals surface area contributed by atoms with Gasteiger partial charge in [-0.1, -0.05) is 6.07 Å². The lowest BCUT2D eigenvalue weighted by atomic mass is 10.0. The standard InChI is InChI=1S/C12H11FO4/c1-16-8-4-3-7-6-12(13,11(15)17-2)10(14)9(7)5-8/h3-5H,6H2,1-2H3. The highest BCUT2D eigenvalue weighted by Crippen LogP contribution is 2.35. The number of alkyl halides is 1. The van der Waals surface area contributed by atoms with E-state index < -0.39 is 17.4 Å². The van der Waals surface area contributed by atoms with E-state index in [0.717, 1.165) is 7.11 Å². The number of rotatable bonds is 2. The number of carbonyl (C=O) groups is 2. The van der Waals surface area contributed by atoms with Crippen molar-refractivity contribution in [3.63, 3.8) is 0 Å². The number of hydrogen-bond donors (Lipinski definition) is 0. The molecule has 1 atom stereocenters. The Morgan fingerprint density at radius 2 is 2.12 bits per heavy atom. The van der Waals surface area contributed by atoms with Gasteiger partial charge < -0.3 is 9.47 Å². The molecule has 0 aromatic heterocycles. The average molecular weight is 238 g/mol. The third-order valence-electron chi connectivity index (χ3n) is 2.86. The number of Topliss-reactive ketones (excluding diaryl/α,β-unsaturated/α-hetero) is 1. The number of benzene rings is 1. The van der Waals surface area contributed by atoms with Crippen molar-refractivity contribution in [3.05, 3.63) is 29.3 Å². The molecule has 0 N–H and O–H groups in total. The van der Waals surface area contributed by atoms with Crippen molar-refractivity contribution in [3.8, 4) is 5.75 Å². The Labute approximate surface area is 97.3 Å². The zero-order valence-corrected chi connectivity index (χ0v) is 9.45. The minimum atomic E-state index is -2.59. The molecule has 0 spiro atoms. The predicted molar refractivity (Wildman–Crippen MR) is 56.9 cm³/mol. The van der Waals surface area contributed by atoms with Crippen LogP contribution >= 0.6 is 0 Å². The molecule has 1 unspecified atom stereocenters. The fourth-order valence-corrected chi connectivity index (χ4v) is 1.93. The number of halogens is 1. The minimum Gasteiger partial charge on any atom is -0.497 e. The first-order valence-corrected chi connectivity index (χ1v) is 5.02. The number of hydrogen-bond acceptors (Lipinski definition) is 4. The summed E-state index contributed by atoms with van der Waals surface area (Å²) >= 11 is 0. The van der Waals surface area contributed by atoms with Gasteiger partial charge in [0.15, 0.2) is 0 Å². The van der Waals surface area contributed by atoms with Crippen LogP contribution < -0.4 is 4.74 Å². The van der Waals surface area contributed by atoms with Crippen molar-refractivity contribution >= 4 is 11.8 Å². The molecule has 17 heavy (non-hydrogen) atoms. The summed E-state index contributed by atoms with van der Waals surface area (Å²) in [7, 11) is 2.50. The second-order valence-corrected chi connectivity index (χ2v) is 3.82. The van der Waals surface area contributed by atoms with Crippen LogP contribution in [0.2, 0.25) is 0 Å². The number of ether oxygens (including phenoxy) is 2. The first kappa shape index (κ1) is 11.6. The summed E-state index contributed by atoms with van der Waals surface area (Å²) in [6, 6.07) is 4.63. The molecule has 5 heteroatoms. The summed E-state index contributed by atoms with van der Waals surface area (Å²) in [5.41, 5.74) is -1.93. The second-order valence-electron chi connectivity index (χ2n) is 3.82. The molecule has 0 saturated carbocycles. The zero-order valence-electron chi connectivity index (χ0n) is 9.45. The van der Waals surface area contributed by atoms with E-state index in [1.807, 2.05) is 0 Å². The molecule has 1 aromatic carbocycles. The van der Waals surface area contributed by atoms with E-state index in [-0.39, 0.29) is 12.0 Å². The lowest BCUT2D eigenvalue weighted by molar-refractivity contribution is -0.150. The van der Waals surface area contributed by atoms with Crippen LogP contribution in [0.1, 0.15) is 15.9 Å².